The fraction of sp³-hybridized carbons (Fsp3) is 0.233. The first kappa shape index (κ1) is 25.5. The van der Waals surface area contributed by atoms with Crippen LogP contribution >= 0.6 is 12.4 Å². The zero-order chi connectivity index (χ0) is 24.2. The molecule has 3 aromatic carbocycles. The third-order valence-electron chi connectivity index (χ3n) is 6.74. The van der Waals surface area contributed by atoms with Crippen molar-refractivity contribution in [2.75, 3.05) is 26.7 Å². The van der Waals surface area contributed by atoms with E-state index in [1.807, 2.05) is 65.6 Å². The summed E-state index contributed by atoms with van der Waals surface area (Å²) < 4.78 is 7.78. The first-order chi connectivity index (χ1) is 17.2. The van der Waals surface area contributed by atoms with Gasteiger partial charge in [0.2, 0.25) is 0 Å². The number of rotatable bonds is 6. The van der Waals surface area contributed by atoms with Crippen molar-refractivity contribution in [1.29, 1.82) is 0 Å². The smallest absolute Gasteiger partial charge is 0.256 e. The van der Waals surface area contributed by atoms with Gasteiger partial charge in [-0.05, 0) is 48.7 Å². The van der Waals surface area contributed by atoms with Gasteiger partial charge in [-0.15, -0.1) is 12.4 Å². The van der Waals surface area contributed by atoms with Crippen LogP contribution in [0.2, 0.25) is 0 Å². The van der Waals surface area contributed by atoms with E-state index < -0.39 is 0 Å². The third-order valence-corrected chi connectivity index (χ3v) is 6.74. The van der Waals surface area contributed by atoms with E-state index in [0.29, 0.717) is 6.54 Å². The maximum Gasteiger partial charge on any atom is 0.256 e. The van der Waals surface area contributed by atoms with Crippen molar-refractivity contribution in [3.05, 3.63) is 108 Å². The molecule has 1 fully saturated rings. The van der Waals surface area contributed by atoms with Crippen LogP contribution in [0.3, 0.4) is 0 Å². The highest BCUT2D eigenvalue weighted by Crippen LogP contribution is 2.32. The molecule has 1 saturated heterocycles. The summed E-state index contributed by atoms with van der Waals surface area (Å²) in [5, 5.41) is 3.48. The van der Waals surface area contributed by atoms with Gasteiger partial charge in [-0.1, -0.05) is 66.7 Å². The molecule has 1 unspecified atom stereocenters. The van der Waals surface area contributed by atoms with Gasteiger partial charge in [0, 0.05) is 37.1 Å². The molecular weight excluding hydrogens is 470 g/mol. The van der Waals surface area contributed by atoms with Gasteiger partial charge in [0.05, 0.1) is 18.4 Å². The predicted molar refractivity (Wildman–Crippen MR) is 148 cm³/mol. The molecule has 1 aliphatic heterocycles. The maximum atomic E-state index is 14.2. The summed E-state index contributed by atoms with van der Waals surface area (Å²) in [4.78, 5) is 16.2. The van der Waals surface area contributed by atoms with Crippen LogP contribution in [-0.4, -0.2) is 48.2 Å². The Hall–Kier alpha value is -3.54. The Morgan fingerprint density at radius 3 is 2.36 bits per heavy atom. The fourth-order valence-electron chi connectivity index (χ4n) is 5.08. The topological polar surface area (TPSA) is 46.5 Å². The van der Waals surface area contributed by atoms with E-state index in [1.54, 1.807) is 7.11 Å². The Balaban J connectivity index is 0.00000304. The number of methoxy groups -OCH3 is 1. The number of benzene rings is 3. The number of para-hydroxylation sites is 2. The standard InChI is InChI=1S/C30H31N3O2.ClH/c1-22-19-27(29(23-11-5-3-6-12-23)33(22)25-14-7-4-8-15-25)30(34)32-18-17-31-21-26(32)20-24-13-9-10-16-28(24)35-2;/h3-16,19,26,31H,17-18,20-21H2,1-2H3;1H. The number of nitrogens with zero attached hydrogens (tertiary/aromatic N) is 2. The number of halogens is 1. The molecule has 0 radical (unpaired) electrons. The monoisotopic (exact) mass is 501 g/mol. The number of aromatic nitrogens is 1. The van der Waals surface area contributed by atoms with Gasteiger partial charge >= 0.3 is 0 Å². The van der Waals surface area contributed by atoms with Crippen molar-refractivity contribution in [1.82, 2.24) is 14.8 Å². The first-order valence-electron chi connectivity index (χ1n) is 12.1. The average Bonchev–Trinajstić information content (AvgIpc) is 3.27. The second kappa shape index (κ2) is 11.5. The molecule has 2 heterocycles. The number of ether oxygens (including phenoxy) is 1. The molecule has 0 bridgehead atoms. The largest absolute Gasteiger partial charge is 0.496 e. The summed E-state index contributed by atoms with van der Waals surface area (Å²) in [5.74, 6) is 0.935. The molecule has 1 atom stereocenters. The highest BCUT2D eigenvalue weighted by Gasteiger charge is 2.31. The summed E-state index contributed by atoms with van der Waals surface area (Å²) in [6, 6.07) is 30.6. The van der Waals surface area contributed by atoms with E-state index in [0.717, 1.165) is 59.0 Å². The third kappa shape index (κ3) is 5.03. The van der Waals surface area contributed by atoms with Crippen LogP contribution in [-0.2, 0) is 6.42 Å². The molecule has 1 aromatic heterocycles. The van der Waals surface area contributed by atoms with Crippen molar-refractivity contribution < 1.29 is 9.53 Å². The second-order valence-electron chi connectivity index (χ2n) is 8.96. The van der Waals surface area contributed by atoms with E-state index in [4.69, 9.17) is 4.74 Å². The zero-order valence-corrected chi connectivity index (χ0v) is 21.5. The van der Waals surface area contributed by atoms with Crippen LogP contribution in [0.4, 0.5) is 0 Å². The van der Waals surface area contributed by atoms with Crippen LogP contribution in [0.25, 0.3) is 16.9 Å². The number of hydrogen-bond donors (Lipinski definition) is 1. The van der Waals surface area contributed by atoms with E-state index in [9.17, 15) is 4.79 Å². The predicted octanol–water partition coefficient (Wildman–Crippen LogP) is 5.54. The molecular formula is C30H32ClN3O2. The van der Waals surface area contributed by atoms with E-state index >= 15 is 0 Å². The van der Waals surface area contributed by atoms with Gasteiger partial charge in [-0.2, -0.15) is 0 Å². The lowest BCUT2D eigenvalue weighted by Crippen LogP contribution is -2.54. The van der Waals surface area contributed by atoms with Crippen LogP contribution < -0.4 is 10.1 Å². The summed E-state index contributed by atoms with van der Waals surface area (Å²) in [5.41, 5.74) is 5.91. The van der Waals surface area contributed by atoms with Crippen molar-refractivity contribution in [2.24, 2.45) is 0 Å². The molecule has 1 aliphatic rings. The minimum Gasteiger partial charge on any atom is -0.496 e. The molecule has 6 heteroatoms. The van der Waals surface area contributed by atoms with Gasteiger partial charge in [0.25, 0.3) is 5.91 Å². The Labute approximate surface area is 219 Å². The number of hydrogen-bond acceptors (Lipinski definition) is 3. The summed E-state index contributed by atoms with van der Waals surface area (Å²) in [7, 11) is 1.70. The molecule has 0 spiro atoms. The fourth-order valence-corrected chi connectivity index (χ4v) is 5.08. The lowest BCUT2D eigenvalue weighted by atomic mass is 10.00. The second-order valence-corrected chi connectivity index (χ2v) is 8.96. The number of nitrogens with one attached hydrogen (secondary N) is 1. The van der Waals surface area contributed by atoms with Gasteiger partial charge < -0.3 is 19.5 Å². The minimum atomic E-state index is 0. The van der Waals surface area contributed by atoms with E-state index in [-0.39, 0.29) is 24.4 Å². The van der Waals surface area contributed by atoms with E-state index in [2.05, 4.69) is 47.1 Å². The highest BCUT2D eigenvalue weighted by molar-refractivity contribution is 6.01. The first-order valence-corrected chi connectivity index (χ1v) is 12.1. The van der Waals surface area contributed by atoms with Gasteiger partial charge in [-0.25, -0.2) is 0 Å². The Bertz CT molecular complexity index is 1300. The average molecular weight is 502 g/mol. The van der Waals surface area contributed by atoms with Gasteiger partial charge in [0.1, 0.15) is 5.75 Å². The number of aryl methyl sites for hydroxylation is 1. The van der Waals surface area contributed by atoms with Gasteiger partial charge in [0.15, 0.2) is 0 Å². The number of carbonyl (C=O) groups excluding carboxylic acids is 1. The molecule has 36 heavy (non-hydrogen) atoms. The number of carbonyl (C=O) groups is 1. The lowest BCUT2D eigenvalue weighted by Gasteiger charge is -2.36. The Morgan fingerprint density at radius 1 is 0.972 bits per heavy atom. The molecule has 4 aromatic rings. The highest BCUT2D eigenvalue weighted by atomic mass is 35.5. The zero-order valence-electron chi connectivity index (χ0n) is 20.7. The quantitative estimate of drug-likeness (QED) is 0.377. The van der Waals surface area contributed by atoms with Gasteiger partial charge in [-0.3, -0.25) is 4.79 Å². The molecule has 5 nitrogen and oxygen atoms in total. The number of piperazine rings is 1. The van der Waals surface area contributed by atoms with Crippen LogP contribution in [0, 0.1) is 6.92 Å². The summed E-state index contributed by atoms with van der Waals surface area (Å²) in [6.45, 7) is 4.28. The molecule has 0 saturated carbocycles. The van der Waals surface area contributed by atoms with Crippen LogP contribution in [0.15, 0.2) is 91.0 Å². The lowest BCUT2D eigenvalue weighted by molar-refractivity contribution is 0.0636. The van der Waals surface area contributed by atoms with Crippen molar-refractivity contribution >= 4 is 18.3 Å². The minimum absolute atomic E-state index is 0. The molecule has 1 amide bonds. The van der Waals surface area contributed by atoms with Crippen molar-refractivity contribution in [3.8, 4) is 22.7 Å². The molecule has 0 aliphatic carbocycles. The SMILES string of the molecule is COc1ccccc1CC1CNCCN1C(=O)c1cc(C)n(-c2ccccc2)c1-c1ccccc1.Cl. The molecule has 186 valence electrons. The van der Waals surface area contributed by atoms with Crippen LogP contribution in [0.5, 0.6) is 5.75 Å². The van der Waals surface area contributed by atoms with Crippen LogP contribution in [0.1, 0.15) is 21.6 Å². The van der Waals surface area contributed by atoms with Crippen molar-refractivity contribution in [2.45, 2.75) is 19.4 Å². The Kier molecular flexibility index (Phi) is 8.14. The maximum absolute atomic E-state index is 14.2. The summed E-state index contributed by atoms with van der Waals surface area (Å²) in [6.07, 6.45) is 0.738. The molecule has 5 rings (SSSR count). The van der Waals surface area contributed by atoms with Crippen molar-refractivity contribution in [3.63, 3.8) is 0 Å². The molecule has 1 N–H and O–H groups in total. The Morgan fingerprint density at radius 2 is 1.64 bits per heavy atom. The number of amides is 1. The summed E-state index contributed by atoms with van der Waals surface area (Å²) >= 11 is 0. The normalized spacial score (nSPS) is 15.3. The van der Waals surface area contributed by atoms with E-state index in [1.165, 1.54) is 0 Å².